The van der Waals surface area contributed by atoms with E-state index in [1.54, 1.807) is 0 Å². The molecular weight excluding hydrogens is 651 g/mol. The van der Waals surface area contributed by atoms with Crippen LogP contribution >= 0.6 is 0 Å². The van der Waals surface area contributed by atoms with Crippen LogP contribution in [-0.2, 0) is 5.41 Å². The zero-order chi connectivity index (χ0) is 35.3. The highest BCUT2D eigenvalue weighted by molar-refractivity contribution is 6.13. The van der Waals surface area contributed by atoms with Crippen molar-refractivity contribution in [1.29, 1.82) is 0 Å². The first kappa shape index (κ1) is 29.8. The van der Waals surface area contributed by atoms with E-state index in [9.17, 15) is 0 Å². The van der Waals surface area contributed by atoms with Crippen LogP contribution in [0.1, 0.15) is 25.0 Å². The summed E-state index contributed by atoms with van der Waals surface area (Å²) >= 11 is 0. The summed E-state index contributed by atoms with van der Waals surface area (Å²) in [4.78, 5) is 12.1. The Bertz CT molecular complexity index is 3080. The van der Waals surface area contributed by atoms with Gasteiger partial charge >= 0.3 is 0 Å². The van der Waals surface area contributed by atoms with Gasteiger partial charge in [-0.1, -0.05) is 86.6 Å². The van der Waals surface area contributed by atoms with Crippen molar-refractivity contribution in [2.45, 2.75) is 19.3 Å². The lowest BCUT2D eigenvalue weighted by atomic mass is 9.73. The van der Waals surface area contributed by atoms with Gasteiger partial charge < -0.3 is 9.30 Å². The van der Waals surface area contributed by atoms with Gasteiger partial charge in [0.2, 0.25) is 0 Å². The molecule has 0 atom stereocenters. The van der Waals surface area contributed by atoms with E-state index in [0.29, 0.717) is 0 Å². The Hall–Kier alpha value is -6.92. The monoisotopic (exact) mass is 683 g/mol. The molecular formula is C47H33N5O. The molecule has 4 aromatic heterocycles. The molecule has 0 fully saturated rings. The molecule has 0 radical (unpaired) electrons. The maximum Gasteiger partial charge on any atom is 0.145 e. The van der Waals surface area contributed by atoms with E-state index in [1.165, 1.54) is 38.3 Å². The Labute approximate surface area is 305 Å². The average Bonchev–Trinajstić information content (AvgIpc) is 3.83. The van der Waals surface area contributed by atoms with E-state index in [1.807, 2.05) is 24.7 Å². The second-order valence-corrected chi connectivity index (χ2v) is 14.3. The van der Waals surface area contributed by atoms with Crippen molar-refractivity contribution >= 4 is 66.3 Å². The van der Waals surface area contributed by atoms with E-state index in [2.05, 4.69) is 167 Å². The minimum Gasteiger partial charge on any atom is -0.457 e. The number of pyridine rings is 2. The number of nitrogens with zero attached hydrogens (tertiary/aromatic N) is 5. The molecule has 0 aliphatic carbocycles. The van der Waals surface area contributed by atoms with Gasteiger partial charge in [-0.05, 0) is 72.1 Å². The molecule has 6 aromatic carbocycles. The number of rotatable bonds is 4. The van der Waals surface area contributed by atoms with E-state index >= 15 is 0 Å². The summed E-state index contributed by atoms with van der Waals surface area (Å²) in [6, 6.07) is 51.3. The fraction of sp³-hybridized carbons (Fsp3) is 0.0638. The maximum atomic E-state index is 6.67. The summed E-state index contributed by atoms with van der Waals surface area (Å²) < 4.78 is 11.3. The lowest BCUT2D eigenvalue weighted by Gasteiger charge is -2.41. The number of ether oxygens (including phenoxy) is 1. The highest BCUT2D eigenvalue weighted by atomic mass is 16.5. The third kappa shape index (κ3) is 4.26. The minimum atomic E-state index is -0.350. The Kier molecular flexibility index (Phi) is 6.20. The first-order valence-electron chi connectivity index (χ1n) is 18.0. The average molecular weight is 684 g/mol. The van der Waals surface area contributed by atoms with Crippen LogP contribution in [0.15, 0.2) is 164 Å². The molecule has 1 aliphatic heterocycles. The Morgan fingerprint density at radius 3 is 2.15 bits per heavy atom. The van der Waals surface area contributed by atoms with E-state index < -0.39 is 0 Å². The van der Waals surface area contributed by atoms with E-state index in [4.69, 9.17) is 14.7 Å². The second-order valence-electron chi connectivity index (χ2n) is 14.3. The van der Waals surface area contributed by atoms with Crippen molar-refractivity contribution < 1.29 is 4.74 Å². The van der Waals surface area contributed by atoms with Gasteiger partial charge in [0.25, 0.3) is 0 Å². The molecule has 1 aliphatic rings. The van der Waals surface area contributed by atoms with E-state index in [-0.39, 0.29) is 5.41 Å². The van der Waals surface area contributed by atoms with Crippen molar-refractivity contribution in [2.75, 3.05) is 4.90 Å². The zero-order valence-electron chi connectivity index (χ0n) is 29.2. The standard InChI is InChI=1S/C47H33N5O/c1-47(2)39-18-11-25-48-46(39)52(42-24-23-37-36-17-7-9-20-41(36)51(44(37)43(42)47)30-12-4-3-5-13-30)31-14-10-15-32(28-31)53-33-21-22-34-35-16-6-8-19-40(35)50-27-26-49-45(50)38(34)29-33/h3-29H,1-2H3. The first-order chi connectivity index (χ1) is 26.1. The van der Waals surface area contributed by atoms with Crippen LogP contribution in [0.4, 0.5) is 17.2 Å². The number of hydrogen-bond donors (Lipinski definition) is 0. The lowest BCUT2D eigenvalue weighted by Crippen LogP contribution is -2.32. The molecule has 53 heavy (non-hydrogen) atoms. The molecule has 11 rings (SSSR count). The predicted octanol–water partition coefficient (Wildman–Crippen LogP) is 12.0. The van der Waals surface area contributed by atoms with Crippen LogP contribution in [0.2, 0.25) is 0 Å². The van der Waals surface area contributed by atoms with Crippen molar-refractivity contribution in [2.24, 2.45) is 0 Å². The summed E-state index contributed by atoms with van der Waals surface area (Å²) in [6.07, 6.45) is 5.77. The van der Waals surface area contributed by atoms with Gasteiger partial charge in [0, 0.05) is 68.4 Å². The smallest absolute Gasteiger partial charge is 0.145 e. The fourth-order valence-electron chi connectivity index (χ4n) is 8.71. The molecule has 6 heteroatoms. The summed E-state index contributed by atoms with van der Waals surface area (Å²) in [5.74, 6) is 2.41. The Morgan fingerprint density at radius 1 is 0.547 bits per heavy atom. The highest BCUT2D eigenvalue weighted by Gasteiger charge is 2.40. The Morgan fingerprint density at radius 2 is 1.28 bits per heavy atom. The van der Waals surface area contributed by atoms with Crippen molar-refractivity contribution in [3.63, 3.8) is 0 Å². The predicted molar refractivity (Wildman–Crippen MR) is 216 cm³/mol. The largest absolute Gasteiger partial charge is 0.457 e. The molecule has 5 heterocycles. The minimum absolute atomic E-state index is 0.350. The van der Waals surface area contributed by atoms with Gasteiger partial charge in [0.05, 0.1) is 27.9 Å². The molecule has 0 saturated heterocycles. The van der Waals surface area contributed by atoms with Gasteiger partial charge in [-0.15, -0.1) is 0 Å². The number of aromatic nitrogens is 4. The number of benzene rings is 6. The highest BCUT2D eigenvalue weighted by Crippen LogP contribution is 2.54. The SMILES string of the molecule is CC1(C)c2cccnc2N(c2cccc(Oc3ccc4c5ccccc5n5ccnc5c4c3)c2)c2ccc3c4ccccc4n(-c4ccccc4)c3c21. The Balaban J connectivity index is 1.10. The molecule has 0 spiro atoms. The molecule has 10 aromatic rings. The van der Waals surface area contributed by atoms with Crippen molar-refractivity contribution in [1.82, 2.24) is 18.9 Å². The van der Waals surface area contributed by atoms with E-state index in [0.717, 1.165) is 56.3 Å². The molecule has 252 valence electrons. The molecule has 0 amide bonds. The molecule has 0 unspecified atom stereocenters. The van der Waals surface area contributed by atoms with Crippen LogP contribution in [-0.4, -0.2) is 18.9 Å². The van der Waals surface area contributed by atoms with Crippen LogP contribution < -0.4 is 9.64 Å². The molecule has 0 bridgehead atoms. The fourth-order valence-corrected chi connectivity index (χ4v) is 8.71. The number of fused-ring (bicyclic) bond motifs is 12. The van der Waals surface area contributed by atoms with Crippen molar-refractivity contribution in [3.05, 3.63) is 175 Å². The summed E-state index contributed by atoms with van der Waals surface area (Å²) in [6.45, 7) is 4.66. The van der Waals surface area contributed by atoms with Crippen LogP contribution in [0.5, 0.6) is 11.5 Å². The summed E-state index contributed by atoms with van der Waals surface area (Å²) in [5, 5.41) is 5.84. The molecule has 0 N–H and O–H groups in total. The number of anilines is 3. The van der Waals surface area contributed by atoms with Crippen LogP contribution in [0, 0.1) is 0 Å². The van der Waals surface area contributed by atoms with Gasteiger partial charge in [0.15, 0.2) is 0 Å². The molecule has 0 saturated carbocycles. The summed E-state index contributed by atoms with van der Waals surface area (Å²) in [5.41, 5.74) is 9.73. The lowest BCUT2D eigenvalue weighted by molar-refractivity contribution is 0.483. The topological polar surface area (TPSA) is 47.6 Å². The van der Waals surface area contributed by atoms with Crippen molar-refractivity contribution in [3.8, 4) is 17.2 Å². The zero-order valence-corrected chi connectivity index (χ0v) is 29.2. The van der Waals surface area contributed by atoms with Gasteiger partial charge in [-0.25, -0.2) is 9.97 Å². The summed E-state index contributed by atoms with van der Waals surface area (Å²) in [7, 11) is 0. The number of imidazole rings is 1. The third-order valence-electron chi connectivity index (χ3n) is 11.0. The van der Waals surface area contributed by atoms with Gasteiger partial charge in [0.1, 0.15) is 23.0 Å². The second kappa shape index (κ2) is 11.0. The molecule has 6 nitrogen and oxygen atoms in total. The van der Waals surface area contributed by atoms with Crippen LogP contribution in [0.25, 0.3) is 54.8 Å². The maximum absolute atomic E-state index is 6.67. The third-order valence-corrected chi connectivity index (χ3v) is 11.0. The number of hydrogen-bond acceptors (Lipinski definition) is 4. The van der Waals surface area contributed by atoms with Gasteiger partial charge in [-0.2, -0.15) is 0 Å². The number of para-hydroxylation sites is 3. The van der Waals surface area contributed by atoms with Gasteiger partial charge in [-0.3, -0.25) is 9.30 Å². The van der Waals surface area contributed by atoms with Crippen LogP contribution in [0.3, 0.4) is 0 Å². The quantitative estimate of drug-likeness (QED) is 0.173. The normalized spacial score (nSPS) is 13.6. The first-order valence-corrected chi connectivity index (χ1v) is 18.0.